The Morgan fingerprint density at radius 3 is 2.58 bits per heavy atom. The van der Waals surface area contributed by atoms with Gasteiger partial charge in [-0.2, -0.15) is 0 Å². The van der Waals surface area contributed by atoms with Crippen molar-refractivity contribution in [3.05, 3.63) is 21.3 Å². The van der Waals surface area contributed by atoms with Crippen molar-refractivity contribution in [2.45, 2.75) is 39.2 Å². The Kier molecular flexibility index (Phi) is 5.82. The van der Waals surface area contributed by atoms with Crippen LogP contribution in [0.4, 0.5) is 0 Å². The third-order valence-corrected chi connectivity index (χ3v) is 3.37. The molecule has 1 amide bonds. The van der Waals surface area contributed by atoms with Gasteiger partial charge in [0, 0.05) is 11.3 Å². The van der Waals surface area contributed by atoms with Crippen LogP contribution in [0.1, 0.15) is 32.1 Å². The predicted molar refractivity (Wildman–Crippen MR) is 76.5 cm³/mol. The quantitative estimate of drug-likeness (QED) is 0.851. The Morgan fingerprint density at radius 2 is 2.05 bits per heavy atom. The second-order valence-electron chi connectivity index (χ2n) is 5.07. The minimum Gasteiger partial charge on any atom is -0.459 e. The number of amides is 1. The van der Waals surface area contributed by atoms with Gasteiger partial charge in [0.25, 0.3) is 0 Å². The van der Waals surface area contributed by atoms with Gasteiger partial charge in [-0.25, -0.2) is 0 Å². The Labute approximate surface area is 122 Å². The Morgan fingerprint density at radius 1 is 1.37 bits per heavy atom. The highest BCUT2D eigenvalue weighted by molar-refractivity contribution is 7.16. The number of hydrogen-bond donors (Lipinski definition) is 1. The summed E-state index contributed by atoms with van der Waals surface area (Å²) in [6, 6.07) is 3.70. The van der Waals surface area contributed by atoms with Crippen LogP contribution >= 0.6 is 22.9 Å². The number of halogens is 1. The topological polar surface area (TPSA) is 55.4 Å². The van der Waals surface area contributed by atoms with Crippen molar-refractivity contribution in [1.29, 1.82) is 0 Å². The van der Waals surface area contributed by atoms with Crippen molar-refractivity contribution in [3.63, 3.8) is 0 Å². The molecule has 0 aliphatic rings. The molecule has 1 heterocycles. The number of carbonyl (C=O) groups is 2. The lowest BCUT2D eigenvalue weighted by atomic mass is 10.2. The molecule has 0 aliphatic carbocycles. The maximum Gasteiger partial charge on any atom is 0.325 e. The lowest BCUT2D eigenvalue weighted by molar-refractivity contribution is -0.154. The monoisotopic (exact) mass is 303 g/mol. The number of thiophene rings is 1. The van der Waals surface area contributed by atoms with Gasteiger partial charge in [-0.15, -0.1) is 11.3 Å². The van der Waals surface area contributed by atoms with Gasteiger partial charge in [0.1, 0.15) is 12.1 Å². The normalized spacial score (nSPS) is 11.2. The fourth-order valence-corrected chi connectivity index (χ4v) is 2.45. The first-order chi connectivity index (χ1) is 8.76. The molecular weight excluding hydrogens is 286 g/mol. The molecule has 0 bridgehead atoms. The molecule has 0 unspecified atom stereocenters. The third-order valence-electron chi connectivity index (χ3n) is 2.08. The minimum absolute atomic E-state index is 0.0959. The van der Waals surface area contributed by atoms with Gasteiger partial charge in [-0.05, 0) is 39.3 Å². The fraction of sp³-hybridized carbons (Fsp3) is 0.538. The van der Waals surface area contributed by atoms with E-state index in [9.17, 15) is 9.59 Å². The van der Waals surface area contributed by atoms with Crippen molar-refractivity contribution < 1.29 is 14.3 Å². The molecule has 0 spiro atoms. The van der Waals surface area contributed by atoms with Gasteiger partial charge in [0.15, 0.2) is 0 Å². The molecule has 0 aliphatic heterocycles. The van der Waals surface area contributed by atoms with Gasteiger partial charge in [-0.1, -0.05) is 11.6 Å². The molecule has 1 aromatic heterocycles. The lowest BCUT2D eigenvalue weighted by Gasteiger charge is -2.19. The molecule has 1 rings (SSSR count). The first-order valence-electron chi connectivity index (χ1n) is 5.99. The number of carbonyl (C=O) groups excluding carboxylic acids is 2. The molecule has 1 aromatic rings. The summed E-state index contributed by atoms with van der Waals surface area (Å²) >= 11 is 7.25. The minimum atomic E-state index is -0.532. The van der Waals surface area contributed by atoms with E-state index in [-0.39, 0.29) is 12.5 Å². The van der Waals surface area contributed by atoms with E-state index >= 15 is 0 Å². The maximum atomic E-state index is 11.5. The van der Waals surface area contributed by atoms with Crippen molar-refractivity contribution in [2.24, 2.45) is 0 Å². The van der Waals surface area contributed by atoms with E-state index in [4.69, 9.17) is 16.3 Å². The highest BCUT2D eigenvalue weighted by Crippen LogP contribution is 2.22. The molecule has 0 aromatic carbocycles. The van der Waals surface area contributed by atoms with Crippen LogP contribution in [-0.2, 0) is 20.7 Å². The van der Waals surface area contributed by atoms with E-state index in [0.717, 1.165) is 4.88 Å². The molecule has 0 saturated heterocycles. The number of aryl methyl sites for hydroxylation is 1. The highest BCUT2D eigenvalue weighted by atomic mass is 35.5. The van der Waals surface area contributed by atoms with E-state index in [0.29, 0.717) is 17.2 Å². The van der Waals surface area contributed by atoms with Crippen LogP contribution in [0.25, 0.3) is 0 Å². The number of esters is 1. The molecule has 1 N–H and O–H groups in total. The van der Waals surface area contributed by atoms with E-state index < -0.39 is 11.6 Å². The molecule has 4 nitrogen and oxygen atoms in total. The first kappa shape index (κ1) is 16.0. The van der Waals surface area contributed by atoms with Crippen molar-refractivity contribution in [3.8, 4) is 0 Å². The summed E-state index contributed by atoms with van der Waals surface area (Å²) in [4.78, 5) is 24.0. The van der Waals surface area contributed by atoms with Gasteiger partial charge in [0.2, 0.25) is 5.91 Å². The number of rotatable bonds is 5. The zero-order valence-corrected chi connectivity index (χ0v) is 12.9. The van der Waals surface area contributed by atoms with Crippen LogP contribution in [0.3, 0.4) is 0 Å². The van der Waals surface area contributed by atoms with E-state index in [1.807, 2.05) is 6.07 Å². The summed E-state index contributed by atoms with van der Waals surface area (Å²) in [5, 5.41) is 2.54. The Balaban J connectivity index is 2.23. The summed E-state index contributed by atoms with van der Waals surface area (Å²) in [5.74, 6) is -0.601. The van der Waals surface area contributed by atoms with E-state index in [1.165, 1.54) is 11.3 Å². The van der Waals surface area contributed by atoms with Gasteiger partial charge in [0.05, 0.1) is 4.34 Å². The van der Waals surface area contributed by atoms with E-state index in [1.54, 1.807) is 26.8 Å². The summed E-state index contributed by atoms with van der Waals surface area (Å²) in [7, 11) is 0. The zero-order valence-electron chi connectivity index (χ0n) is 11.3. The summed E-state index contributed by atoms with van der Waals surface area (Å²) in [6.07, 6.45) is 0.956. The summed E-state index contributed by atoms with van der Waals surface area (Å²) in [6.45, 7) is 5.26. The van der Waals surface area contributed by atoms with Crippen molar-refractivity contribution in [1.82, 2.24) is 5.32 Å². The van der Waals surface area contributed by atoms with Crippen LogP contribution in [0.5, 0.6) is 0 Å². The molecule has 6 heteroatoms. The van der Waals surface area contributed by atoms with Crippen LogP contribution in [-0.4, -0.2) is 24.0 Å². The zero-order chi connectivity index (χ0) is 14.5. The largest absolute Gasteiger partial charge is 0.459 e. The lowest BCUT2D eigenvalue weighted by Crippen LogP contribution is -2.34. The van der Waals surface area contributed by atoms with E-state index in [2.05, 4.69) is 5.32 Å². The van der Waals surface area contributed by atoms with Crippen LogP contribution in [0.15, 0.2) is 12.1 Å². The van der Waals surface area contributed by atoms with Crippen LogP contribution in [0.2, 0.25) is 4.34 Å². The molecule has 0 radical (unpaired) electrons. The average molecular weight is 304 g/mol. The molecule has 0 atom stereocenters. The second kappa shape index (κ2) is 6.91. The van der Waals surface area contributed by atoms with Crippen LogP contribution in [0, 0.1) is 0 Å². The molecule has 0 saturated carbocycles. The maximum absolute atomic E-state index is 11.5. The smallest absolute Gasteiger partial charge is 0.325 e. The third kappa shape index (κ3) is 7.18. The van der Waals surface area contributed by atoms with Crippen LogP contribution < -0.4 is 5.32 Å². The molecule has 19 heavy (non-hydrogen) atoms. The van der Waals surface area contributed by atoms with Gasteiger partial charge in [-0.3, -0.25) is 9.59 Å². The molecular formula is C13H18ClNO3S. The standard InChI is InChI=1S/C13H18ClNO3S/c1-13(2,3)18-12(17)8-15-11(16)7-5-9-4-6-10(14)19-9/h4,6H,5,7-8H2,1-3H3,(H,15,16). The number of ether oxygens (including phenoxy) is 1. The summed E-state index contributed by atoms with van der Waals surface area (Å²) < 4.78 is 5.80. The highest BCUT2D eigenvalue weighted by Gasteiger charge is 2.16. The molecule has 0 fully saturated rings. The predicted octanol–water partition coefficient (Wildman–Crippen LogP) is 2.79. The van der Waals surface area contributed by atoms with Gasteiger partial charge < -0.3 is 10.1 Å². The average Bonchev–Trinajstić information content (AvgIpc) is 2.67. The number of nitrogens with one attached hydrogen (secondary N) is 1. The Hall–Kier alpha value is -1.07. The number of hydrogen-bond acceptors (Lipinski definition) is 4. The van der Waals surface area contributed by atoms with Crippen molar-refractivity contribution >= 4 is 34.8 Å². The van der Waals surface area contributed by atoms with Crippen molar-refractivity contribution in [2.75, 3.05) is 6.54 Å². The SMILES string of the molecule is CC(C)(C)OC(=O)CNC(=O)CCc1ccc(Cl)s1. The Bertz CT molecular complexity index is 451. The second-order valence-corrected chi connectivity index (χ2v) is 6.87. The fourth-order valence-electron chi connectivity index (χ4n) is 1.36. The summed E-state index contributed by atoms with van der Waals surface area (Å²) in [5.41, 5.74) is -0.532. The van der Waals surface area contributed by atoms with Gasteiger partial charge >= 0.3 is 5.97 Å². The first-order valence-corrected chi connectivity index (χ1v) is 7.18. The molecule has 106 valence electrons.